The molecule has 1 aromatic heterocycles. The molecule has 35 heavy (non-hydrogen) atoms. The van der Waals surface area contributed by atoms with Gasteiger partial charge >= 0.3 is 0 Å². The second-order valence-corrected chi connectivity index (χ2v) is 11.8. The van der Waals surface area contributed by atoms with Gasteiger partial charge in [-0.05, 0) is 57.2 Å². The summed E-state index contributed by atoms with van der Waals surface area (Å²) in [4.78, 5) is 25.1. The Hall–Kier alpha value is -2.54. The van der Waals surface area contributed by atoms with Crippen LogP contribution in [-0.4, -0.2) is 34.1 Å². The third-order valence-electron chi connectivity index (χ3n) is 6.20. The molecule has 2 unspecified atom stereocenters. The lowest BCUT2D eigenvalue weighted by Gasteiger charge is -2.34. The molecule has 1 saturated heterocycles. The second kappa shape index (κ2) is 11.9. The van der Waals surface area contributed by atoms with E-state index in [4.69, 9.17) is 4.98 Å². The molecular weight excluding hydrogens is 454 g/mol. The Bertz CT molecular complexity index is 976. The molecule has 1 amide bonds. The summed E-state index contributed by atoms with van der Waals surface area (Å²) in [6, 6.07) is 4.06. The Kier molecular flexibility index (Phi) is 9.78. The number of hydrogen-bond acceptors (Lipinski definition) is 6. The summed E-state index contributed by atoms with van der Waals surface area (Å²) in [5.41, 5.74) is 1.33. The molecule has 0 aliphatic carbocycles. The van der Waals surface area contributed by atoms with Gasteiger partial charge in [-0.2, -0.15) is 0 Å². The molecule has 1 fully saturated rings. The highest BCUT2D eigenvalue weighted by Gasteiger charge is 2.39. The van der Waals surface area contributed by atoms with Crippen molar-refractivity contribution in [2.24, 2.45) is 10.9 Å². The van der Waals surface area contributed by atoms with E-state index in [0.29, 0.717) is 22.3 Å². The predicted octanol–water partition coefficient (Wildman–Crippen LogP) is 6.38. The Labute approximate surface area is 216 Å². The first-order valence-electron chi connectivity index (χ1n) is 12.4. The van der Waals surface area contributed by atoms with Crippen molar-refractivity contribution in [3.63, 3.8) is 0 Å². The predicted molar refractivity (Wildman–Crippen MR) is 152 cm³/mol. The highest BCUT2D eigenvalue weighted by molar-refractivity contribution is 8.13. The van der Waals surface area contributed by atoms with E-state index in [0.717, 1.165) is 49.3 Å². The van der Waals surface area contributed by atoms with E-state index in [9.17, 15) is 4.79 Å². The molecule has 0 saturated carbocycles. The fraction of sp³-hybridized carbons (Fsp3) is 0.536. The fourth-order valence-corrected chi connectivity index (χ4v) is 4.95. The molecule has 2 rings (SSSR count). The number of aliphatic imine (C=N–C) groups is 1. The number of hydrogen-bond donors (Lipinski definition) is 2. The first kappa shape index (κ1) is 28.7. The summed E-state index contributed by atoms with van der Waals surface area (Å²) < 4.78 is 2.93. The summed E-state index contributed by atoms with van der Waals surface area (Å²) in [7, 11) is 0. The molecule has 2 N–H and O–H groups in total. The number of amides is 1. The van der Waals surface area contributed by atoms with Gasteiger partial charge < -0.3 is 10.2 Å². The molecule has 0 radical (unpaired) electrons. The summed E-state index contributed by atoms with van der Waals surface area (Å²) in [6.07, 6.45) is 6.29. The van der Waals surface area contributed by atoms with Crippen molar-refractivity contribution in [1.82, 2.24) is 15.0 Å². The van der Waals surface area contributed by atoms with Gasteiger partial charge in [0.1, 0.15) is 16.7 Å². The Morgan fingerprint density at radius 3 is 2.57 bits per heavy atom. The number of carbonyl (C=O) groups excluding carboxylic acids is 1. The van der Waals surface area contributed by atoms with Gasteiger partial charge in [0.05, 0.1) is 5.56 Å². The minimum atomic E-state index is -0.209. The van der Waals surface area contributed by atoms with Gasteiger partial charge in [0, 0.05) is 41.2 Å². The molecule has 1 aromatic rings. The van der Waals surface area contributed by atoms with Gasteiger partial charge in [0.2, 0.25) is 0 Å². The molecule has 192 valence electrons. The lowest BCUT2D eigenvalue weighted by Crippen LogP contribution is -2.40. The maximum absolute atomic E-state index is 13.4. The highest BCUT2D eigenvalue weighted by Crippen LogP contribution is 2.38. The van der Waals surface area contributed by atoms with Crippen LogP contribution in [0.3, 0.4) is 0 Å². The topological polar surface area (TPSA) is 69.6 Å². The Balaban J connectivity index is 2.27. The van der Waals surface area contributed by atoms with Crippen LogP contribution in [0.15, 0.2) is 54.8 Å². The van der Waals surface area contributed by atoms with Crippen LogP contribution in [0.25, 0.3) is 0 Å². The smallest absolute Gasteiger partial charge is 0.265 e. The molecule has 1 aliphatic heterocycles. The SMILES string of the molecule is C=CCC(CC)NC(=C)/N=C(\C=C)SNC(=O)c1ccc(C(C)(C)C)nc1N1CC(C)CC1(C)C. The van der Waals surface area contributed by atoms with Crippen molar-refractivity contribution in [2.45, 2.75) is 84.7 Å². The molecule has 0 spiro atoms. The van der Waals surface area contributed by atoms with E-state index in [1.54, 1.807) is 6.08 Å². The lowest BCUT2D eigenvalue weighted by molar-refractivity contribution is 0.0984. The van der Waals surface area contributed by atoms with Crippen LogP contribution in [-0.2, 0) is 5.41 Å². The van der Waals surface area contributed by atoms with Gasteiger partial charge in [-0.15, -0.1) is 6.58 Å². The maximum Gasteiger partial charge on any atom is 0.265 e. The van der Waals surface area contributed by atoms with Crippen LogP contribution >= 0.6 is 11.9 Å². The third kappa shape index (κ3) is 7.72. The molecule has 0 bridgehead atoms. The number of nitrogens with one attached hydrogen (secondary N) is 2. The van der Waals surface area contributed by atoms with Crippen LogP contribution in [0.4, 0.5) is 5.82 Å². The van der Waals surface area contributed by atoms with Gasteiger partial charge in [-0.3, -0.25) is 9.52 Å². The number of rotatable bonds is 9. The van der Waals surface area contributed by atoms with Gasteiger partial charge in [-0.1, -0.05) is 53.9 Å². The first-order valence-corrected chi connectivity index (χ1v) is 13.2. The number of pyridine rings is 1. The normalized spacial score (nSPS) is 18.7. The molecule has 0 aromatic carbocycles. The largest absolute Gasteiger partial charge is 0.367 e. The maximum atomic E-state index is 13.4. The van der Waals surface area contributed by atoms with Crippen molar-refractivity contribution in [3.05, 3.63) is 61.1 Å². The summed E-state index contributed by atoms with van der Waals surface area (Å²) in [6.45, 7) is 27.7. The molecule has 2 heterocycles. The molecule has 2 atom stereocenters. The number of anilines is 1. The quantitative estimate of drug-likeness (QED) is 0.179. The van der Waals surface area contributed by atoms with Crippen molar-refractivity contribution in [3.8, 4) is 0 Å². The van der Waals surface area contributed by atoms with E-state index in [-0.39, 0.29) is 22.9 Å². The van der Waals surface area contributed by atoms with E-state index in [1.165, 1.54) is 0 Å². The summed E-state index contributed by atoms with van der Waals surface area (Å²) >= 11 is 1.13. The Morgan fingerprint density at radius 1 is 1.37 bits per heavy atom. The van der Waals surface area contributed by atoms with Crippen LogP contribution < -0.4 is 14.9 Å². The van der Waals surface area contributed by atoms with Crippen LogP contribution in [0, 0.1) is 5.92 Å². The molecule has 1 aliphatic rings. The third-order valence-corrected chi connectivity index (χ3v) is 6.95. The van der Waals surface area contributed by atoms with E-state index in [2.05, 4.69) is 88.1 Å². The van der Waals surface area contributed by atoms with E-state index < -0.39 is 0 Å². The zero-order chi connectivity index (χ0) is 26.4. The van der Waals surface area contributed by atoms with E-state index >= 15 is 0 Å². The number of aromatic nitrogens is 1. The average Bonchev–Trinajstić information content (AvgIpc) is 3.06. The van der Waals surface area contributed by atoms with Crippen molar-refractivity contribution in [2.75, 3.05) is 11.4 Å². The van der Waals surface area contributed by atoms with Crippen LogP contribution in [0.1, 0.15) is 83.8 Å². The minimum absolute atomic E-state index is 0.0799. The lowest BCUT2D eigenvalue weighted by atomic mass is 9.91. The van der Waals surface area contributed by atoms with Crippen molar-refractivity contribution in [1.29, 1.82) is 0 Å². The van der Waals surface area contributed by atoms with E-state index in [1.807, 2.05) is 18.2 Å². The summed E-state index contributed by atoms with van der Waals surface area (Å²) in [5.74, 6) is 1.59. The number of carbonyl (C=O) groups is 1. The average molecular weight is 498 g/mol. The van der Waals surface area contributed by atoms with Crippen LogP contribution in [0.5, 0.6) is 0 Å². The zero-order valence-electron chi connectivity index (χ0n) is 22.6. The van der Waals surface area contributed by atoms with Gasteiger partial charge in [0.15, 0.2) is 0 Å². The second-order valence-electron chi connectivity index (χ2n) is 11.0. The monoisotopic (exact) mass is 497 g/mol. The summed E-state index contributed by atoms with van der Waals surface area (Å²) in [5, 5.41) is 3.84. The fourth-order valence-electron chi connectivity index (χ4n) is 4.40. The number of nitrogens with zero attached hydrogens (tertiary/aromatic N) is 3. The van der Waals surface area contributed by atoms with Gasteiger partial charge in [0.25, 0.3) is 5.91 Å². The standard InChI is InChI=1S/C28H43N5OS/c1-11-14-21(12-2)29-20(5)30-24(13-3)35-32-26(34)22-15-16-23(27(6,7)8)31-25(22)33-18-19(4)17-28(33,9)10/h11,13,15-16,19,21,29H,1,3,5,12,14,17-18H2,2,4,6-10H3,(H,32,34)/b30-24+. The molecule has 6 nitrogen and oxygen atoms in total. The van der Waals surface area contributed by atoms with Crippen molar-refractivity contribution >= 4 is 28.7 Å². The zero-order valence-corrected chi connectivity index (χ0v) is 23.4. The molecular formula is C28H43N5OS. The van der Waals surface area contributed by atoms with Crippen molar-refractivity contribution < 1.29 is 4.79 Å². The first-order chi connectivity index (χ1) is 16.3. The van der Waals surface area contributed by atoms with Gasteiger partial charge in [-0.25, -0.2) is 9.98 Å². The Morgan fingerprint density at radius 2 is 2.06 bits per heavy atom. The van der Waals surface area contributed by atoms with Crippen LogP contribution in [0.2, 0.25) is 0 Å². The molecule has 7 heteroatoms. The highest BCUT2D eigenvalue weighted by atomic mass is 32.2. The minimum Gasteiger partial charge on any atom is -0.367 e.